The fraction of sp³-hybridized carbons (Fsp3) is 0. The Morgan fingerprint density at radius 3 is 2.56 bits per heavy atom. The van der Waals surface area contributed by atoms with Crippen LogP contribution in [0.25, 0.3) is 0 Å². The molecule has 0 atom stereocenters. The topological polar surface area (TPSA) is 79.2 Å². The molecule has 5 nitrogen and oxygen atoms in total. The van der Waals surface area contributed by atoms with Gasteiger partial charge in [0.15, 0.2) is 0 Å². The molecule has 0 saturated carbocycles. The molecule has 2 N–H and O–H groups in total. The number of aromatic hydroxyl groups is 1. The largest absolute Gasteiger partial charge is 0.478 e. The summed E-state index contributed by atoms with van der Waals surface area (Å²) in [6.45, 7) is 0. The lowest BCUT2D eigenvalue weighted by Gasteiger charge is -1.84. The number of hydrogen-bond donors (Lipinski definition) is 2. The average Bonchev–Trinajstić information content (AvgIpc) is 2.14. The predicted octanol–water partition coefficient (Wildman–Crippen LogP) is 0.628. The van der Waals surface area contributed by atoms with Crippen molar-refractivity contribution >= 4 is 5.82 Å². The molecule has 0 fully saturated rings. The van der Waals surface area contributed by atoms with E-state index in [-0.39, 0.29) is 11.7 Å². The van der Waals surface area contributed by atoms with Crippen molar-refractivity contribution in [2.75, 3.05) is 0 Å². The van der Waals surface area contributed by atoms with Crippen LogP contribution in [0.3, 0.4) is 0 Å². The molecule has 0 aliphatic rings. The van der Waals surface area contributed by atoms with Crippen molar-refractivity contribution in [3.8, 4) is 5.88 Å². The number of rotatable bonds is 1. The van der Waals surface area contributed by atoms with Crippen LogP contribution >= 0.6 is 0 Å². The Hall–Kier alpha value is -1.52. The first-order chi connectivity index (χ1) is 4.20. The van der Waals surface area contributed by atoms with Gasteiger partial charge in [0.1, 0.15) is 0 Å². The number of aromatic nitrogens is 1. The fourth-order valence-corrected chi connectivity index (χ4v) is 0.479. The molecule has 9 heavy (non-hydrogen) atoms. The van der Waals surface area contributed by atoms with Crippen molar-refractivity contribution in [1.29, 1.82) is 0 Å². The number of H-pyrrole nitrogens is 1. The number of nitrogens with zero attached hydrogens (tertiary/aromatic N) is 1. The van der Waals surface area contributed by atoms with Gasteiger partial charge in [-0.1, -0.05) is 0 Å². The average molecular weight is 128 g/mol. The third-order valence-electron chi connectivity index (χ3n) is 0.852. The zero-order valence-corrected chi connectivity index (χ0v) is 4.37. The van der Waals surface area contributed by atoms with Crippen molar-refractivity contribution in [3.63, 3.8) is 0 Å². The van der Waals surface area contributed by atoms with Crippen molar-refractivity contribution in [3.05, 3.63) is 22.2 Å². The van der Waals surface area contributed by atoms with E-state index in [0.717, 1.165) is 0 Å². The van der Waals surface area contributed by atoms with Crippen molar-refractivity contribution in [2.45, 2.75) is 0 Å². The van der Waals surface area contributed by atoms with E-state index in [2.05, 4.69) is 4.98 Å². The number of hydrogen-bond acceptors (Lipinski definition) is 3. The maximum Gasteiger partial charge on any atom is 0.323 e. The minimum absolute atomic E-state index is 0.193. The zero-order valence-electron chi connectivity index (χ0n) is 4.37. The first kappa shape index (κ1) is 5.61. The highest BCUT2D eigenvalue weighted by molar-refractivity contribution is 5.26. The van der Waals surface area contributed by atoms with Gasteiger partial charge in [0.05, 0.1) is 0 Å². The summed E-state index contributed by atoms with van der Waals surface area (Å²) in [6, 6.07) is 2.41. The van der Waals surface area contributed by atoms with Crippen LogP contribution in [0.15, 0.2) is 12.1 Å². The summed E-state index contributed by atoms with van der Waals surface area (Å²) in [7, 11) is 0. The first-order valence-electron chi connectivity index (χ1n) is 2.22. The third kappa shape index (κ3) is 0.987. The van der Waals surface area contributed by atoms with Crippen LogP contribution in [-0.4, -0.2) is 15.0 Å². The summed E-state index contributed by atoms with van der Waals surface area (Å²) in [4.78, 5) is 11.4. The molecule has 0 amide bonds. The maximum absolute atomic E-state index is 9.88. The minimum Gasteiger partial charge on any atom is -0.478 e. The molecule has 5 heteroatoms. The Morgan fingerprint density at radius 1 is 1.67 bits per heavy atom. The van der Waals surface area contributed by atoms with Crippen molar-refractivity contribution in [2.24, 2.45) is 0 Å². The second-order valence-corrected chi connectivity index (χ2v) is 1.49. The zero-order chi connectivity index (χ0) is 6.85. The fourth-order valence-electron chi connectivity index (χ4n) is 0.479. The molecular formula is C4H4N2O3. The van der Waals surface area contributed by atoms with Gasteiger partial charge in [-0.2, -0.15) is 0 Å². The molecule has 0 radical (unpaired) electrons. The molecule has 1 heterocycles. The van der Waals surface area contributed by atoms with Gasteiger partial charge in [-0.05, 0) is 4.92 Å². The summed E-state index contributed by atoms with van der Waals surface area (Å²) in [5, 5.41) is 18.4. The van der Waals surface area contributed by atoms with Crippen molar-refractivity contribution < 1.29 is 10.0 Å². The van der Waals surface area contributed by atoms with E-state index in [1.54, 1.807) is 0 Å². The van der Waals surface area contributed by atoms with E-state index >= 15 is 0 Å². The van der Waals surface area contributed by atoms with E-state index in [0.29, 0.717) is 0 Å². The Bertz CT molecular complexity index is 229. The molecule has 0 aromatic carbocycles. The van der Waals surface area contributed by atoms with E-state index in [4.69, 9.17) is 5.11 Å². The van der Waals surface area contributed by atoms with Crippen LogP contribution in [-0.2, 0) is 0 Å². The molecule has 0 bridgehead atoms. The van der Waals surface area contributed by atoms with Crippen LogP contribution < -0.4 is 0 Å². The second-order valence-electron chi connectivity index (χ2n) is 1.49. The van der Waals surface area contributed by atoms with Gasteiger partial charge < -0.3 is 15.2 Å². The standard InChI is InChI=1S/C4H4N2O3/c7-4-2-1-3(5-4)6(8)9/h1-2,5,7H. The van der Waals surface area contributed by atoms with Gasteiger partial charge in [0, 0.05) is 12.1 Å². The molecule has 1 aromatic heterocycles. The normalized spacial score (nSPS) is 9.33. The highest BCUT2D eigenvalue weighted by atomic mass is 16.6. The number of aromatic amines is 1. The Balaban J connectivity index is 2.98. The quantitative estimate of drug-likeness (QED) is 0.430. The van der Waals surface area contributed by atoms with Gasteiger partial charge in [0.2, 0.25) is 0 Å². The summed E-state index contributed by atoms with van der Waals surface area (Å²) in [5.41, 5.74) is 0. The molecule has 48 valence electrons. The number of nitrogens with one attached hydrogen (secondary N) is 1. The monoisotopic (exact) mass is 128 g/mol. The van der Waals surface area contributed by atoms with Crippen LogP contribution in [0.5, 0.6) is 5.88 Å². The van der Waals surface area contributed by atoms with Gasteiger partial charge >= 0.3 is 5.82 Å². The Kier molecular flexibility index (Phi) is 1.11. The van der Waals surface area contributed by atoms with Gasteiger partial charge in [-0.15, -0.1) is 0 Å². The molecule has 1 aromatic rings. The lowest BCUT2D eigenvalue weighted by molar-refractivity contribution is -0.389. The Labute approximate surface area is 50.1 Å². The number of nitro groups is 1. The lowest BCUT2D eigenvalue weighted by Crippen LogP contribution is -1.85. The summed E-state index contributed by atoms with van der Waals surface area (Å²) in [5.74, 6) is -0.394. The summed E-state index contributed by atoms with van der Waals surface area (Å²) in [6.07, 6.45) is 0. The molecule has 0 spiro atoms. The molecule has 0 aliphatic heterocycles. The molecule has 0 unspecified atom stereocenters. The van der Waals surface area contributed by atoms with Gasteiger partial charge in [0.25, 0.3) is 5.88 Å². The van der Waals surface area contributed by atoms with Crippen molar-refractivity contribution in [1.82, 2.24) is 4.98 Å². The van der Waals surface area contributed by atoms with Gasteiger partial charge in [-0.3, -0.25) is 0 Å². The van der Waals surface area contributed by atoms with E-state index < -0.39 is 4.92 Å². The van der Waals surface area contributed by atoms with Crippen LogP contribution in [0.2, 0.25) is 0 Å². The summed E-state index contributed by atoms with van der Waals surface area (Å²) >= 11 is 0. The molecule has 1 rings (SSSR count). The molecule has 0 aliphatic carbocycles. The van der Waals surface area contributed by atoms with Crippen LogP contribution in [0.1, 0.15) is 0 Å². The van der Waals surface area contributed by atoms with E-state index in [9.17, 15) is 10.1 Å². The highest BCUT2D eigenvalue weighted by Gasteiger charge is 2.04. The van der Waals surface area contributed by atoms with Crippen LogP contribution in [0, 0.1) is 10.1 Å². The first-order valence-corrected chi connectivity index (χ1v) is 2.22. The Morgan fingerprint density at radius 2 is 2.33 bits per heavy atom. The minimum atomic E-state index is -0.611. The van der Waals surface area contributed by atoms with Gasteiger partial charge in [-0.25, -0.2) is 4.98 Å². The molecular weight excluding hydrogens is 124 g/mol. The highest BCUT2D eigenvalue weighted by Crippen LogP contribution is 2.13. The SMILES string of the molecule is O=[N+]([O-])c1ccc(O)[nH]1. The van der Waals surface area contributed by atoms with Crippen LogP contribution in [0.4, 0.5) is 5.82 Å². The third-order valence-corrected chi connectivity index (χ3v) is 0.852. The lowest BCUT2D eigenvalue weighted by atomic mass is 10.6. The van der Waals surface area contributed by atoms with E-state index in [1.807, 2.05) is 0 Å². The molecule has 0 saturated heterocycles. The summed E-state index contributed by atoms with van der Waals surface area (Å²) < 4.78 is 0. The maximum atomic E-state index is 9.88. The smallest absolute Gasteiger partial charge is 0.323 e. The predicted molar refractivity (Wildman–Crippen MR) is 29.1 cm³/mol. The second kappa shape index (κ2) is 1.77. The van der Waals surface area contributed by atoms with E-state index in [1.165, 1.54) is 12.1 Å².